The first-order chi connectivity index (χ1) is 2.79. The van der Waals surface area contributed by atoms with Crippen LogP contribution in [0, 0.1) is 0 Å². The fourth-order valence-corrected chi connectivity index (χ4v) is 0.403. The molecule has 2 heteroatoms. The van der Waals surface area contributed by atoms with Crippen molar-refractivity contribution in [3.05, 3.63) is 11.8 Å². The third-order valence-corrected chi connectivity index (χ3v) is 0.803. The van der Waals surface area contributed by atoms with Crippen LogP contribution in [0.4, 0.5) is 0 Å². The molecule has 2 nitrogen and oxygen atoms in total. The van der Waals surface area contributed by atoms with Crippen LogP contribution in [0.5, 0.6) is 0 Å². The monoisotopic (exact) mass is 86.0 g/mol. The predicted octanol–water partition coefficient (Wildman–Crippen LogP) is 0.193. The molecule has 0 fully saturated rings. The zero-order chi connectivity index (χ0) is 4.57. The van der Waals surface area contributed by atoms with Gasteiger partial charge in [-0.1, -0.05) is 0 Å². The summed E-state index contributed by atoms with van der Waals surface area (Å²) in [6.45, 7) is 0. The molecule has 0 aromatic carbocycles. The van der Waals surface area contributed by atoms with Gasteiger partial charge in [-0.2, -0.15) is 0 Å². The fourth-order valence-electron chi connectivity index (χ4n) is 0.403. The van der Waals surface area contributed by atoms with E-state index in [1.54, 1.807) is 0 Å². The molecule has 0 saturated carbocycles. The first-order valence-electron chi connectivity index (χ1n) is 1.87. The largest absolute Gasteiger partial charge is 0.512 e. The van der Waals surface area contributed by atoms with Gasteiger partial charge in [0.05, 0.1) is 11.9 Å². The molecule has 1 rings (SSSR count). The van der Waals surface area contributed by atoms with E-state index in [9.17, 15) is 0 Å². The van der Waals surface area contributed by atoms with Crippen LogP contribution in [0.1, 0.15) is 6.42 Å². The predicted molar refractivity (Wildman–Crippen MR) is 21.3 cm³/mol. The average Bonchev–Trinajstić information content (AvgIpc) is 1.33. The Morgan fingerprint density at radius 3 is 2.33 bits per heavy atom. The normalized spacial score (nSPS) is 31.5. The first kappa shape index (κ1) is 3.68. The number of rotatable bonds is 0. The maximum Gasteiger partial charge on any atom is 0.0937 e. The molecule has 0 radical (unpaired) electrons. The van der Waals surface area contributed by atoms with Gasteiger partial charge in [-0.3, -0.25) is 0 Å². The molecule has 1 atom stereocenters. The Labute approximate surface area is 35.7 Å². The van der Waals surface area contributed by atoms with Crippen molar-refractivity contribution >= 4 is 0 Å². The zero-order valence-corrected chi connectivity index (χ0v) is 3.26. The molecular formula is C4H6O2. The standard InChI is InChI=1S/C4H6O2/c5-3-1-4(6)2-3/h1,3,5-6H,2H2. The topological polar surface area (TPSA) is 40.5 Å². The minimum absolute atomic E-state index is 0.308. The summed E-state index contributed by atoms with van der Waals surface area (Å²) >= 11 is 0. The molecule has 0 heterocycles. The molecule has 1 unspecified atom stereocenters. The van der Waals surface area contributed by atoms with E-state index in [0.29, 0.717) is 12.2 Å². The Balaban J connectivity index is 2.46. The van der Waals surface area contributed by atoms with Gasteiger partial charge in [0.25, 0.3) is 0 Å². The Morgan fingerprint density at radius 1 is 1.83 bits per heavy atom. The van der Waals surface area contributed by atoms with Crippen molar-refractivity contribution in [2.45, 2.75) is 12.5 Å². The molecule has 1 aliphatic rings. The quantitative estimate of drug-likeness (QED) is 0.442. The third kappa shape index (κ3) is 0.389. The highest BCUT2D eigenvalue weighted by molar-refractivity contribution is 5.09. The molecule has 2 N–H and O–H groups in total. The lowest BCUT2D eigenvalue weighted by Crippen LogP contribution is -2.13. The van der Waals surface area contributed by atoms with Crippen molar-refractivity contribution in [2.24, 2.45) is 0 Å². The summed E-state index contributed by atoms with van der Waals surface area (Å²) in [7, 11) is 0. The summed E-state index contributed by atoms with van der Waals surface area (Å²) in [6, 6.07) is 0. The van der Waals surface area contributed by atoms with Crippen LogP contribution in [0.15, 0.2) is 11.8 Å². The van der Waals surface area contributed by atoms with Gasteiger partial charge < -0.3 is 10.2 Å². The van der Waals surface area contributed by atoms with E-state index in [1.165, 1.54) is 6.08 Å². The Hall–Kier alpha value is -0.500. The summed E-state index contributed by atoms with van der Waals surface area (Å²) in [6.07, 6.45) is 1.49. The molecule has 0 aliphatic heterocycles. The van der Waals surface area contributed by atoms with E-state index in [1.807, 2.05) is 0 Å². The van der Waals surface area contributed by atoms with E-state index in [2.05, 4.69) is 0 Å². The van der Waals surface area contributed by atoms with Gasteiger partial charge in [-0.15, -0.1) is 0 Å². The second-order valence-electron chi connectivity index (χ2n) is 1.43. The summed E-state index contributed by atoms with van der Waals surface area (Å²) in [5.41, 5.74) is 0. The summed E-state index contributed by atoms with van der Waals surface area (Å²) in [4.78, 5) is 0. The van der Waals surface area contributed by atoms with Crippen molar-refractivity contribution < 1.29 is 10.2 Å². The fraction of sp³-hybridized carbons (Fsp3) is 0.500. The van der Waals surface area contributed by atoms with E-state index < -0.39 is 0 Å². The molecule has 34 valence electrons. The maximum absolute atomic E-state index is 8.38. The Morgan fingerprint density at radius 2 is 2.33 bits per heavy atom. The van der Waals surface area contributed by atoms with Gasteiger partial charge >= 0.3 is 0 Å². The number of aliphatic hydroxyl groups excluding tert-OH is 2. The second-order valence-corrected chi connectivity index (χ2v) is 1.43. The molecule has 6 heavy (non-hydrogen) atoms. The summed E-state index contributed by atoms with van der Waals surface area (Å²) < 4.78 is 0. The van der Waals surface area contributed by atoms with Crippen molar-refractivity contribution in [2.75, 3.05) is 0 Å². The van der Waals surface area contributed by atoms with Gasteiger partial charge in [0.2, 0.25) is 0 Å². The van der Waals surface area contributed by atoms with Crippen LogP contribution >= 0.6 is 0 Å². The van der Waals surface area contributed by atoms with E-state index in [4.69, 9.17) is 10.2 Å². The van der Waals surface area contributed by atoms with Gasteiger partial charge in [0, 0.05) is 6.42 Å². The smallest absolute Gasteiger partial charge is 0.0937 e. The molecule has 0 spiro atoms. The number of hydrogen-bond acceptors (Lipinski definition) is 2. The molecule has 0 aromatic heterocycles. The van der Waals surface area contributed by atoms with Crippen LogP contribution in [0.25, 0.3) is 0 Å². The van der Waals surface area contributed by atoms with Crippen molar-refractivity contribution in [1.82, 2.24) is 0 Å². The zero-order valence-electron chi connectivity index (χ0n) is 3.26. The van der Waals surface area contributed by atoms with Gasteiger partial charge in [0.1, 0.15) is 0 Å². The highest BCUT2D eigenvalue weighted by Crippen LogP contribution is 2.13. The summed E-state index contributed by atoms with van der Waals surface area (Å²) in [5, 5.41) is 16.7. The van der Waals surface area contributed by atoms with Crippen LogP contribution in [0.3, 0.4) is 0 Å². The van der Waals surface area contributed by atoms with Crippen molar-refractivity contribution in [1.29, 1.82) is 0 Å². The van der Waals surface area contributed by atoms with Crippen LogP contribution in [-0.2, 0) is 0 Å². The molecule has 0 amide bonds. The Kier molecular flexibility index (Phi) is 0.601. The summed E-state index contributed by atoms with van der Waals surface area (Å²) in [5.74, 6) is 0.308. The SMILES string of the molecule is OC1=CC(O)C1. The highest BCUT2D eigenvalue weighted by Gasteiger charge is 2.13. The van der Waals surface area contributed by atoms with E-state index >= 15 is 0 Å². The average molecular weight is 86.1 g/mol. The van der Waals surface area contributed by atoms with Gasteiger partial charge in [-0.05, 0) is 6.08 Å². The van der Waals surface area contributed by atoms with Crippen LogP contribution in [0.2, 0.25) is 0 Å². The van der Waals surface area contributed by atoms with Crippen LogP contribution in [-0.4, -0.2) is 16.3 Å². The lowest BCUT2D eigenvalue weighted by Gasteiger charge is -2.13. The van der Waals surface area contributed by atoms with Crippen molar-refractivity contribution in [3.8, 4) is 0 Å². The molecule has 0 bridgehead atoms. The minimum atomic E-state index is -0.370. The number of aliphatic hydroxyl groups is 2. The lowest BCUT2D eigenvalue weighted by molar-refractivity contribution is 0.165. The molecule has 0 aromatic rings. The highest BCUT2D eigenvalue weighted by atomic mass is 16.3. The molecule has 0 saturated heterocycles. The third-order valence-electron chi connectivity index (χ3n) is 0.803. The lowest BCUT2D eigenvalue weighted by atomic mass is 10.1. The van der Waals surface area contributed by atoms with Crippen molar-refractivity contribution in [3.63, 3.8) is 0 Å². The minimum Gasteiger partial charge on any atom is -0.512 e. The maximum atomic E-state index is 8.38. The van der Waals surface area contributed by atoms with Gasteiger partial charge in [0.15, 0.2) is 0 Å². The van der Waals surface area contributed by atoms with E-state index in [-0.39, 0.29) is 6.10 Å². The number of hydrogen-bond donors (Lipinski definition) is 2. The van der Waals surface area contributed by atoms with Gasteiger partial charge in [-0.25, -0.2) is 0 Å². The first-order valence-corrected chi connectivity index (χ1v) is 1.87. The molecular weight excluding hydrogens is 80.0 g/mol. The van der Waals surface area contributed by atoms with Crippen LogP contribution < -0.4 is 0 Å². The van der Waals surface area contributed by atoms with E-state index in [0.717, 1.165) is 0 Å². The molecule has 1 aliphatic carbocycles. The Bertz CT molecular complexity index is 85.5. The second kappa shape index (κ2) is 0.980.